The first-order chi connectivity index (χ1) is 10.2. The molecule has 0 saturated carbocycles. The van der Waals surface area contributed by atoms with Crippen molar-refractivity contribution in [1.82, 2.24) is 9.97 Å². The third-order valence-electron chi connectivity index (χ3n) is 3.03. The van der Waals surface area contributed by atoms with Crippen LogP contribution in [0, 0.1) is 0 Å². The van der Waals surface area contributed by atoms with E-state index < -0.39 is 5.97 Å². The highest BCUT2D eigenvalue weighted by atomic mass is 35.5. The summed E-state index contributed by atoms with van der Waals surface area (Å²) in [5, 5.41) is 3.72. The molecule has 1 heterocycles. The molecule has 0 bridgehead atoms. The number of anilines is 2. The lowest BCUT2D eigenvalue weighted by Crippen LogP contribution is -2.05. The smallest absolute Gasteiger partial charge is 0.339 e. The van der Waals surface area contributed by atoms with Gasteiger partial charge in [-0.3, -0.25) is 0 Å². The first-order valence-electron chi connectivity index (χ1n) is 6.27. The molecule has 106 valence electrons. The summed E-state index contributed by atoms with van der Waals surface area (Å²) >= 11 is 5.94. The lowest BCUT2D eigenvalue weighted by Gasteiger charge is -2.07. The number of fused-ring (bicyclic) bond motifs is 1. The van der Waals surface area contributed by atoms with Crippen molar-refractivity contribution in [1.29, 1.82) is 0 Å². The number of rotatable bonds is 3. The van der Waals surface area contributed by atoms with Gasteiger partial charge in [-0.1, -0.05) is 23.7 Å². The number of esters is 1. The molecule has 0 saturated heterocycles. The van der Waals surface area contributed by atoms with Crippen LogP contribution in [0.4, 0.5) is 11.6 Å². The molecular weight excluding hydrogens is 290 g/mol. The monoisotopic (exact) mass is 301 g/mol. The number of methoxy groups -OCH3 is 1. The summed E-state index contributed by atoms with van der Waals surface area (Å²) in [6, 6.07) is 12.5. The Labute approximate surface area is 125 Å². The summed E-state index contributed by atoms with van der Waals surface area (Å²) < 4.78 is 4.76. The Morgan fingerprint density at radius 1 is 1.29 bits per heavy atom. The predicted octanol–water partition coefficient (Wildman–Crippen LogP) is 3.75. The van der Waals surface area contributed by atoms with Crippen LogP contribution >= 0.6 is 11.6 Å². The van der Waals surface area contributed by atoms with E-state index in [1.807, 2.05) is 12.1 Å². The van der Waals surface area contributed by atoms with E-state index >= 15 is 0 Å². The molecule has 3 aromatic rings. The van der Waals surface area contributed by atoms with E-state index in [2.05, 4.69) is 15.3 Å². The molecule has 0 aliphatic carbocycles. The summed E-state index contributed by atoms with van der Waals surface area (Å²) in [7, 11) is 1.35. The Kier molecular flexibility index (Phi) is 3.50. The second-order valence-corrected chi connectivity index (χ2v) is 4.85. The van der Waals surface area contributed by atoms with E-state index in [0.717, 1.165) is 11.0 Å². The van der Waals surface area contributed by atoms with Crippen molar-refractivity contribution < 1.29 is 9.53 Å². The van der Waals surface area contributed by atoms with Gasteiger partial charge in [-0.2, -0.15) is 0 Å². The molecule has 0 radical (unpaired) electrons. The lowest BCUT2D eigenvalue weighted by molar-refractivity contribution is 0.0602. The SMILES string of the molecule is COC(=O)c1ccccc1Nc1nc2ccc(Cl)cc2[nH]1. The van der Waals surface area contributed by atoms with Crippen molar-refractivity contribution in [3.63, 3.8) is 0 Å². The molecule has 1 aromatic heterocycles. The minimum Gasteiger partial charge on any atom is -0.465 e. The molecule has 3 rings (SSSR count). The largest absolute Gasteiger partial charge is 0.465 e. The fraction of sp³-hybridized carbons (Fsp3) is 0.0667. The highest BCUT2D eigenvalue weighted by Gasteiger charge is 2.12. The number of benzene rings is 2. The van der Waals surface area contributed by atoms with Gasteiger partial charge in [0.2, 0.25) is 5.95 Å². The quantitative estimate of drug-likeness (QED) is 0.723. The van der Waals surface area contributed by atoms with Gasteiger partial charge in [-0.15, -0.1) is 0 Å². The van der Waals surface area contributed by atoms with Gasteiger partial charge in [0.25, 0.3) is 0 Å². The maximum Gasteiger partial charge on any atom is 0.339 e. The maximum atomic E-state index is 11.7. The van der Waals surface area contributed by atoms with Crippen LogP contribution in [-0.4, -0.2) is 23.0 Å². The highest BCUT2D eigenvalue weighted by molar-refractivity contribution is 6.31. The number of ether oxygens (including phenoxy) is 1. The van der Waals surface area contributed by atoms with Crippen LogP contribution in [-0.2, 0) is 4.74 Å². The van der Waals surface area contributed by atoms with Crippen molar-refractivity contribution in [2.24, 2.45) is 0 Å². The molecule has 0 aliphatic rings. The number of nitrogens with one attached hydrogen (secondary N) is 2. The Morgan fingerprint density at radius 3 is 2.90 bits per heavy atom. The molecule has 0 amide bonds. The number of halogens is 1. The second kappa shape index (κ2) is 5.46. The van der Waals surface area contributed by atoms with Gasteiger partial charge in [-0.25, -0.2) is 9.78 Å². The summed E-state index contributed by atoms with van der Waals surface area (Å²) in [5.41, 5.74) is 2.67. The second-order valence-electron chi connectivity index (χ2n) is 4.41. The predicted molar refractivity (Wildman–Crippen MR) is 82.2 cm³/mol. The first kappa shape index (κ1) is 13.5. The van der Waals surface area contributed by atoms with E-state index in [1.54, 1.807) is 30.3 Å². The molecule has 0 fully saturated rings. The molecule has 0 spiro atoms. The van der Waals surface area contributed by atoms with Gasteiger partial charge in [-0.05, 0) is 30.3 Å². The fourth-order valence-corrected chi connectivity index (χ4v) is 2.22. The standard InChI is InChI=1S/C15H12ClN3O2/c1-21-14(20)10-4-2-3-5-11(10)17-15-18-12-7-6-9(16)8-13(12)19-15/h2-8H,1H3,(H2,17,18,19). The number of aromatic nitrogens is 2. The van der Waals surface area contributed by atoms with Gasteiger partial charge < -0.3 is 15.0 Å². The van der Waals surface area contributed by atoms with Crippen molar-refractivity contribution in [3.8, 4) is 0 Å². The van der Waals surface area contributed by atoms with Crippen LogP contribution in [0.25, 0.3) is 11.0 Å². The number of para-hydroxylation sites is 1. The number of H-pyrrole nitrogens is 1. The van der Waals surface area contributed by atoms with Crippen molar-refractivity contribution in [3.05, 3.63) is 53.1 Å². The van der Waals surface area contributed by atoms with E-state index in [-0.39, 0.29) is 0 Å². The first-order valence-corrected chi connectivity index (χ1v) is 6.65. The molecule has 2 N–H and O–H groups in total. The molecule has 0 unspecified atom stereocenters. The van der Waals surface area contributed by atoms with Crippen LogP contribution in [0.2, 0.25) is 5.02 Å². The number of hydrogen-bond acceptors (Lipinski definition) is 4. The maximum absolute atomic E-state index is 11.7. The van der Waals surface area contributed by atoms with Crippen molar-refractivity contribution in [2.45, 2.75) is 0 Å². The summed E-state index contributed by atoms with van der Waals surface area (Å²) in [6.07, 6.45) is 0. The number of imidazole rings is 1. The number of carbonyl (C=O) groups is 1. The third kappa shape index (κ3) is 2.68. The number of hydrogen-bond donors (Lipinski definition) is 2. The van der Waals surface area contributed by atoms with E-state index in [0.29, 0.717) is 22.2 Å². The molecule has 21 heavy (non-hydrogen) atoms. The number of aromatic amines is 1. The van der Waals surface area contributed by atoms with Crippen LogP contribution in [0.5, 0.6) is 0 Å². The summed E-state index contributed by atoms with van der Waals surface area (Å²) in [6.45, 7) is 0. The Bertz CT molecular complexity index is 814. The Hall–Kier alpha value is -2.53. The van der Waals surface area contributed by atoms with Gasteiger partial charge in [0.05, 0.1) is 29.4 Å². The van der Waals surface area contributed by atoms with Crippen molar-refractivity contribution >= 4 is 40.2 Å². The van der Waals surface area contributed by atoms with Crippen molar-refractivity contribution in [2.75, 3.05) is 12.4 Å². The number of nitrogens with zero attached hydrogens (tertiary/aromatic N) is 1. The minimum atomic E-state index is -0.405. The van der Waals surface area contributed by atoms with Crippen LogP contribution in [0.3, 0.4) is 0 Å². The fourth-order valence-electron chi connectivity index (χ4n) is 2.05. The number of carbonyl (C=O) groups excluding carboxylic acids is 1. The summed E-state index contributed by atoms with van der Waals surface area (Å²) in [5.74, 6) is 0.126. The van der Waals surface area contributed by atoms with Gasteiger partial charge >= 0.3 is 5.97 Å². The average molecular weight is 302 g/mol. The van der Waals surface area contributed by atoms with Gasteiger partial charge in [0.1, 0.15) is 0 Å². The van der Waals surface area contributed by atoms with Crippen LogP contribution in [0.1, 0.15) is 10.4 Å². The highest BCUT2D eigenvalue weighted by Crippen LogP contribution is 2.23. The zero-order valence-electron chi connectivity index (χ0n) is 11.2. The summed E-state index contributed by atoms with van der Waals surface area (Å²) in [4.78, 5) is 19.2. The molecule has 5 nitrogen and oxygen atoms in total. The van der Waals surface area contributed by atoms with Gasteiger partial charge in [0, 0.05) is 5.02 Å². The zero-order valence-corrected chi connectivity index (χ0v) is 11.9. The molecule has 6 heteroatoms. The third-order valence-corrected chi connectivity index (χ3v) is 3.26. The Morgan fingerprint density at radius 2 is 2.10 bits per heavy atom. The lowest BCUT2D eigenvalue weighted by atomic mass is 10.2. The van der Waals surface area contributed by atoms with E-state index in [9.17, 15) is 4.79 Å². The zero-order chi connectivity index (χ0) is 14.8. The van der Waals surface area contributed by atoms with Crippen LogP contribution < -0.4 is 5.32 Å². The molecule has 0 aliphatic heterocycles. The van der Waals surface area contributed by atoms with E-state index in [1.165, 1.54) is 7.11 Å². The van der Waals surface area contributed by atoms with Crippen LogP contribution in [0.15, 0.2) is 42.5 Å². The Balaban J connectivity index is 1.97. The van der Waals surface area contributed by atoms with E-state index in [4.69, 9.17) is 16.3 Å². The average Bonchev–Trinajstić information content (AvgIpc) is 2.88. The van der Waals surface area contributed by atoms with Gasteiger partial charge in [0.15, 0.2) is 0 Å². The minimum absolute atomic E-state index is 0.405. The molecule has 2 aromatic carbocycles. The topological polar surface area (TPSA) is 67.0 Å². The molecular formula is C15H12ClN3O2. The molecule has 0 atom stereocenters. The normalized spacial score (nSPS) is 10.6.